The Morgan fingerprint density at radius 3 is 2.74 bits per heavy atom. The van der Waals surface area contributed by atoms with Crippen molar-refractivity contribution < 1.29 is 57.8 Å². The van der Waals surface area contributed by atoms with E-state index in [2.05, 4.69) is 0 Å². The number of hydrogen-bond acceptors (Lipinski definition) is 5. The molecule has 1 fully saturated rings. The topological polar surface area (TPSA) is 91.7 Å². The first kappa shape index (κ1) is 23.6. The van der Waals surface area contributed by atoms with Gasteiger partial charge in [0.1, 0.15) is 17.3 Å². The summed E-state index contributed by atoms with van der Waals surface area (Å²) in [5.41, 5.74) is -1.56. The van der Waals surface area contributed by atoms with Gasteiger partial charge in [0.25, 0.3) is 5.91 Å². The maximum Gasteiger partial charge on any atom is 1.00 e. The molecule has 7 nitrogen and oxygen atoms in total. The molecule has 2 aromatic rings. The minimum absolute atomic E-state index is 0. The van der Waals surface area contributed by atoms with Crippen molar-refractivity contribution in [2.24, 2.45) is 0 Å². The average Bonchev–Trinajstić information content (AvgIpc) is 2.69. The second-order valence-electron chi connectivity index (χ2n) is 7.54. The standard InChI is InChI=1S/C21H20F2N2O5.Na/c1-11-6-7-30-17-10-24-9-14(19(27)20(28)18(24)21(29)25(11)17)16(26)5-3-12-2-4-13(22)8-15(12)23;/h2,4,8-9,11,17,28H,3,5-7,10H2,1H3;/q;+1/p-1/t11-,17+;/m1./s1. The molecule has 2 aliphatic heterocycles. The van der Waals surface area contributed by atoms with Crippen LogP contribution in [0.1, 0.15) is 46.2 Å². The summed E-state index contributed by atoms with van der Waals surface area (Å²) in [5.74, 6) is -3.79. The monoisotopic (exact) mass is 440 g/mol. The zero-order chi connectivity index (χ0) is 21.6. The first-order valence-corrected chi connectivity index (χ1v) is 9.63. The van der Waals surface area contributed by atoms with E-state index in [0.717, 1.165) is 6.07 Å². The Balaban J connectivity index is 0.00000272. The van der Waals surface area contributed by atoms with Crippen LogP contribution in [0, 0.1) is 11.6 Å². The molecule has 2 atom stereocenters. The number of aromatic nitrogens is 1. The second-order valence-corrected chi connectivity index (χ2v) is 7.54. The van der Waals surface area contributed by atoms with E-state index in [1.54, 1.807) is 0 Å². The molecule has 1 amide bonds. The molecule has 3 heterocycles. The van der Waals surface area contributed by atoms with Gasteiger partial charge in [0, 0.05) is 24.7 Å². The van der Waals surface area contributed by atoms with Gasteiger partial charge in [0.2, 0.25) is 0 Å². The fraction of sp³-hybridized carbons (Fsp3) is 0.381. The SMILES string of the molecule is C[C@@H]1CCO[C@H]2Cn3cc(C(=O)CCc4ccc(F)cc4F)c(=O)c([O-])c3C(=O)N12.[Na+]. The van der Waals surface area contributed by atoms with E-state index in [9.17, 15) is 28.3 Å². The average molecular weight is 440 g/mol. The fourth-order valence-electron chi connectivity index (χ4n) is 3.95. The summed E-state index contributed by atoms with van der Waals surface area (Å²) in [4.78, 5) is 39.4. The normalized spacial score (nSPS) is 20.0. The summed E-state index contributed by atoms with van der Waals surface area (Å²) < 4.78 is 33.7. The van der Waals surface area contributed by atoms with Gasteiger partial charge in [-0.25, -0.2) is 8.78 Å². The van der Waals surface area contributed by atoms with Gasteiger partial charge in [-0.15, -0.1) is 0 Å². The minimum Gasteiger partial charge on any atom is -0.868 e. The van der Waals surface area contributed by atoms with Crippen LogP contribution in [-0.4, -0.2) is 40.0 Å². The molecule has 0 bridgehead atoms. The van der Waals surface area contributed by atoms with Crippen LogP contribution in [0.2, 0.25) is 0 Å². The van der Waals surface area contributed by atoms with E-state index in [1.807, 2.05) is 6.92 Å². The smallest absolute Gasteiger partial charge is 0.868 e. The van der Waals surface area contributed by atoms with Crippen molar-refractivity contribution >= 4 is 11.7 Å². The molecule has 0 aliphatic carbocycles. The van der Waals surface area contributed by atoms with Crippen molar-refractivity contribution in [1.29, 1.82) is 0 Å². The van der Waals surface area contributed by atoms with Crippen LogP contribution < -0.4 is 40.1 Å². The molecule has 1 saturated heterocycles. The number of aryl methyl sites for hydroxylation is 1. The number of pyridine rings is 1. The molecule has 0 unspecified atom stereocenters. The molecule has 0 radical (unpaired) electrons. The van der Waals surface area contributed by atoms with E-state index >= 15 is 0 Å². The van der Waals surface area contributed by atoms with Crippen molar-refractivity contribution in [1.82, 2.24) is 9.47 Å². The quantitative estimate of drug-likeness (QED) is 0.431. The summed E-state index contributed by atoms with van der Waals surface area (Å²) in [7, 11) is 0. The van der Waals surface area contributed by atoms with E-state index in [0.29, 0.717) is 19.1 Å². The van der Waals surface area contributed by atoms with Crippen molar-refractivity contribution in [2.45, 2.75) is 45.0 Å². The number of rotatable bonds is 4. The van der Waals surface area contributed by atoms with Crippen LogP contribution in [0.5, 0.6) is 5.75 Å². The van der Waals surface area contributed by atoms with E-state index in [1.165, 1.54) is 21.7 Å². The molecular weight excluding hydrogens is 421 g/mol. The van der Waals surface area contributed by atoms with Gasteiger partial charge in [-0.05, 0) is 37.1 Å². The third kappa shape index (κ3) is 4.32. The fourth-order valence-corrected chi connectivity index (χ4v) is 3.95. The molecular formula is C21H19F2N2NaO5. The third-order valence-corrected chi connectivity index (χ3v) is 5.60. The predicted octanol–water partition coefficient (Wildman–Crippen LogP) is -1.39. The maximum absolute atomic E-state index is 13.8. The molecule has 0 spiro atoms. The van der Waals surface area contributed by atoms with Gasteiger partial charge in [0.05, 0.1) is 18.7 Å². The van der Waals surface area contributed by atoms with Crippen molar-refractivity contribution in [3.8, 4) is 5.75 Å². The number of fused-ring (bicyclic) bond motifs is 2. The van der Waals surface area contributed by atoms with Gasteiger partial charge >= 0.3 is 29.6 Å². The molecule has 1 aromatic heterocycles. The number of Topliss-reactive ketones (excluding diaryl/α,β-unsaturated/α-hetero) is 1. The zero-order valence-electron chi connectivity index (χ0n) is 17.2. The Bertz CT molecular complexity index is 1100. The van der Waals surface area contributed by atoms with Crippen LogP contribution in [-0.2, 0) is 17.7 Å². The summed E-state index contributed by atoms with van der Waals surface area (Å²) in [5, 5.41) is 12.6. The van der Waals surface area contributed by atoms with Crippen molar-refractivity contribution in [3.05, 3.63) is 63.1 Å². The molecule has 31 heavy (non-hydrogen) atoms. The molecule has 0 N–H and O–H groups in total. The number of carbonyl (C=O) groups is 2. The second kappa shape index (κ2) is 9.20. The van der Waals surface area contributed by atoms with Crippen LogP contribution in [0.3, 0.4) is 0 Å². The van der Waals surface area contributed by atoms with Crippen molar-refractivity contribution in [2.75, 3.05) is 6.61 Å². The Morgan fingerprint density at radius 2 is 2.03 bits per heavy atom. The van der Waals surface area contributed by atoms with Gasteiger partial charge in [0.15, 0.2) is 17.4 Å². The van der Waals surface area contributed by atoms with Crippen LogP contribution in [0.15, 0.2) is 29.2 Å². The molecule has 158 valence electrons. The molecule has 2 aliphatic rings. The number of amides is 1. The van der Waals surface area contributed by atoms with E-state index in [-0.39, 0.29) is 71.8 Å². The van der Waals surface area contributed by atoms with Crippen LogP contribution >= 0.6 is 0 Å². The Kier molecular flexibility index (Phi) is 7.00. The van der Waals surface area contributed by atoms with E-state index in [4.69, 9.17) is 4.74 Å². The Morgan fingerprint density at radius 1 is 1.29 bits per heavy atom. The number of nitrogens with zero attached hydrogens (tertiary/aromatic N) is 2. The zero-order valence-corrected chi connectivity index (χ0v) is 19.2. The van der Waals surface area contributed by atoms with Crippen LogP contribution in [0.25, 0.3) is 0 Å². The number of ether oxygens (including phenoxy) is 1. The molecule has 0 saturated carbocycles. The molecule has 1 aromatic carbocycles. The Hall–Kier alpha value is -2.07. The summed E-state index contributed by atoms with van der Waals surface area (Å²) in [6.45, 7) is 2.44. The summed E-state index contributed by atoms with van der Waals surface area (Å²) in [6.07, 6.45) is 0.952. The first-order chi connectivity index (χ1) is 14.3. The number of carbonyl (C=O) groups excluding carboxylic acids is 2. The molecule has 4 rings (SSSR count). The molecule has 10 heteroatoms. The van der Waals surface area contributed by atoms with Gasteiger partial charge in [-0.2, -0.15) is 0 Å². The van der Waals surface area contributed by atoms with Crippen LogP contribution in [0.4, 0.5) is 8.78 Å². The number of benzene rings is 1. The third-order valence-electron chi connectivity index (χ3n) is 5.60. The van der Waals surface area contributed by atoms with Gasteiger partial charge in [-0.1, -0.05) is 6.07 Å². The predicted molar refractivity (Wildman–Crippen MR) is 99.1 cm³/mol. The van der Waals surface area contributed by atoms with E-state index < -0.39 is 40.7 Å². The summed E-state index contributed by atoms with van der Waals surface area (Å²) in [6, 6.07) is 2.89. The first-order valence-electron chi connectivity index (χ1n) is 9.63. The minimum atomic E-state index is -1.05. The largest absolute Gasteiger partial charge is 1.00 e. The van der Waals surface area contributed by atoms with Gasteiger partial charge < -0.3 is 19.3 Å². The maximum atomic E-state index is 13.8. The van der Waals surface area contributed by atoms with Crippen molar-refractivity contribution in [3.63, 3.8) is 0 Å². The number of ketones is 1. The van der Waals surface area contributed by atoms with Gasteiger partial charge in [-0.3, -0.25) is 14.4 Å². The Labute approximate surface area is 198 Å². The number of halogens is 2. The number of hydrogen-bond donors (Lipinski definition) is 0. The summed E-state index contributed by atoms with van der Waals surface area (Å²) >= 11 is 0.